The molecule has 1 rings (SSSR count). The Balaban J connectivity index is 2.82. The maximum Gasteiger partial charge on any atom is 0.172 e. The third-order valence-electron chi connectivity index (χ3n) is 2.07. The van der Waals surface area contributed by atoms with Gasteiger partial charge in [-0.15, -0.1) is 6.58 Å². The first kappa shape index (κ1) is 8.21. The van der Waals surface area contributed by atoms with Crippen LogP contribution >= 0.6 is 0 Å². The van der Waals surface area contributed by atoms with E-state index >= 15 is 0 Å². The van der Waals surface area contributed by atoms with Gasteiger partial charge in [0.05, 0.1) is 0 Å². The van der Waals surface area contributed by atoms with E-state index in [1.54, 1.807) is 12.2 Å². The summed E-state index contributed by atoms with van der Waals surface area (Å²) in [6, 6.07) is 0. The summed E-state index contributed by atoms with van der Waals surface area (Å²) in [6.07, 6.45) is 4.43. The van der Waals surface area contributed by atoms with Crippen molar-refractivity contribution >= 4 is 5.78 Å². The lowest BCUT2D eigenvalue weighted by Crippen LogP contribution is -2.32. The van der Waals surface area contributed by atoms with Crippen LogP contribution in [0.4, 0.5) is 0 Å². The predicted molar refractivity (Wildman–Crippen MR) is 43.1 cm³/mol. The van der Waals surface area contributed by atoms with E-state index in [1.807, 2.05) is 0 Å². The summed E-state index contributed by atoms with van der Waals surface area (Å²) in [7, 11) is 0. The Morgan fingerprint density at radius 1 is 1.91 bits per heavy atom. The molecule has 0 aliphatic heterocycles. The first-order chi connectivity index (χ1) is 5.09. The van der Waals surface area contributed by atoms with Crippen molar-refractivity contribution in [1.29, 1.82) is 0 Å². The third kappa shape index (κ3) is 1.26. The molecule has 2 heteroatoms. The largest absolute Gasteiger partial charge is 0.378 e. The summed E-state index contributed by atoms with van der Waals surface area (Å²) < 4.78 is 0. The van der Waals surface area contributed by atoms with Crippen molar-refractivity contribution in [3.05, 3.63) is 24.3 Å². The van der Waals surface area contributed by atoms with Crippen LogP contribution in [0, 0.1) is 0 Å². The highest BCUT2D eigenvalue weighted by Gasteiger charge is 2.36. The molecule has 0 fully saturated rings. The lowest BCUT2D eigenvalue weighted by Gasteiger charge is -2.17. The Morgan fingerprint density at radius 2 is 2.55 bits per heavy atom. The highest BCUT2D eigenvalue weighted by atomic mass is 16.3. The van der Waals surface area contributed by atoms with Crippen molar-refractivity contribution in [1.82, 2.24) is 0 Å². The van der Waals surface area contributed by atoms with E-state index in [2.05, 4.69) is 6.58 Å². The van der Waals surface area contributed by atoms with Gasteiger partial charge in [-0.05, 0) is 18.9 Å². The summed E-state index contributed by atoms with van der Waals surface area (Å²) >= 11 is 0. The second-order valence-electron chi connectivity index (χ2n) is 2.92. The summed E-state index contributed by atoms with van der Waals surface area (Å²) in [5.74, 6) is -0.116. The van der Waals surface area contributed by atoms with Gasteiger partial charge in [0.1, 0.15) is 5.60 Å². The van der Waals surface area contributed by atoms with Gasteiger partial charge in [0.15, 0.2) is 5.78 Å². The number of carbonyl (C=O) groups excluding carboxylic acids is 1. The minimum absolute atomic E-state index is 0.116. The van der Waals surface area contributed by atoms with Gasteiger partial charge in [-0.3, -0.25) is 4.79 Å². The topological polar surface area (TPSA) is 37.3 Å². The zero-order valence-electron chi connectivity index (χ0n) is 6.63. The molecule has 0 aromatic rings. The van der Waals surface area contributed by atoms with Crippen molar-refractivity contribution < 1.29 is 9.90 Å². The molecule has 0 saturated heterocycles. The smallest absolute Gasteiger partial charge is 0.172 e. The zero-order valence-corrected chi connectivity index (χ0v) is 6.63. The van der Waals surface area contributed by atoms with Crippen LogP contribution in [0.1, 0.15) is 19.8 Å². The van der Waals surface area contributed by atoms with Gasteiger partial charge in [0.2, 0.25) is 0 Å². The van der Waals surface area contributed by atoms with Gasteiger partial charge in [0.25, 0.3) is 0 Å². The van der Waals surface area contributed by atoms with Crippen LogP contribution in [0.15, 0.2) is 24.3 Å². The molecule has 0 heterocycles. The average Bonchev–Trinajstić information content (AvgIpc) is 2.16. The van der Waals surface area contributed by atoms with Gasteiger partial charge < -0.3 is 5.11 Å². The molecular weight excluding hydrogens is 140 g/mol. The van der Waals surface area contributed by atoms with Crippen LogP contribution in [0.25, 0.3) is 0 Å². The van der Waals surface area contributed by atoms with Crippen LogP contribution in [0.3, 0.4) is 0 Å². The van der Waals surface area contributed by atoms with Crippen LogP contribution in [-0.2, 0) is 4.79 Å². The van der Waals surface area contributed by atoms with E-state index in [9.17, 15) is 9.90 Å². The van der Waals surface area contributed by atoms with Crippen molar-refractivity contribution in [2.24, 2.45) is 0 Å². The summed E-state index contributed by atoms with van der Waals surface area (Å²) in [4.78, 5) is 11.0. The molecule has 0 saturated carbocycles. The van der Waals surface area contributed by atoms with E-state index in [0.717, 1.165) is 5.57 Å². The molecule has 0 aromatic heterocycles. The molecule has 2 nitrogen and oxygen atoms in total. The molecular formula is C9H12O2. The molecule has 1 N–H and O–H groups in total. The van der Waals surface area contributed by atoms with Crippen LogP contribution in [0.2, 0.25) is 0 Å². The van der Waals surface area contributed by atoms with E-state index in [4.69, 9.17) is 0 Å². The van der Waals surface area contributed by atoms with Gasteiger partial charge in [-0.1, -0.05) is 12.2 Å². The number of carbonyl (C=O) groups is 1. The first-order valence-electron chi connectivity index (χ1n) is 3.65. The van der Waals surface area contributed by atoms with E-state index in [1.165, 1.54) is 6.92 Å². The summed E-state index contributed by atoms with van der Waals surface area (Å²) in [5.41, 5.74) is -0.453. The Morgan fingerprint density at radius 3 is 2.91 bits per heavy atom. The standard InChI is InChI=1S/C9H12O2/c1-3-4-7-5-6-8(10)9(7,2)11/h3,5,11H,1,4,6H2,2H3. The minimum Gasteiger partial charge on any atom is -0.378 e. The van der Waals surface area contributed by atoms with Gasteiger partial charge >= 0.3 is 0 Å². The number of Topliss-reactive ketones (excluding diaryl/α,β-unsaturated/α-hetero) is 1. The monoisotopic (exact) mass is 152 g/mol. The number of rotatable bonds is 2. The van der Waals surface area contributed by atoms with E-state index < -0.39 is 5.60 Å². The second-order valence-corrected chi connectivity index (χ2v) is 2.92. The van der Waals surface area contributed by atoms with Crippen molar-refractivity contribution in [3.8, 4) is 0 Å². The summed E-state index contributed by atoms with van der Waals surface area (Å²) in [6.45, 7) is 5.09. The Kier molecular flexibility index (Phi) is 1.96. The van der Waals surface area contributed by atoms with Crippen LogP contribution in [-0.4, -0.2) is 16.5 Å². The predicted octanol–water partition coefficient (Wildman–Crippen LogP) is 1.21. The number of allylic oxidation sites excluding steroid dienone is 2. The maximum absolute atomic E-state index is 11.0. The van der Waals surface area contributed by atoms with E-state index in [-0.39, 0.29) is 5.78 Å². The third-order valence-corrected chi connectivity index (χ3v) is 2.07. The average molecular weight is 152 g/mol. The number of hydrogen-bond acceptors (Lipinski definition) is 2. The van der Waals surface area contributed by atoms with E-state index in [0.29, 0.717) is 12.8 Å². The lowest BCUT2D eigenvalue weighted by molar-refractivity contribution is -0.130. The van der Waals surface area contributed by atoms with Gasteiger partial charge in [-0.2, -0.15) is 0 Å². The first-order valence-corrected chi connectivity index (χ1v) is 3.65. The fourth-order valence-electron chi connectivity index (χ4n) is 1.23. The number of aliphatic hydroxyl groups is 1. The minimum atomic E-state index is -1.23. The van der Waals surface area contributed by atoms with Crippen molar-refractivity contribution in [3.63, 3.8) is 0 Å². The highest BCUT2D eigenvalue weighted by molar-refractivity contribution is 5.94. The van der Waals surface area contributed by atoms with Crippen molar-refractivity contribution in [2.45, 2.75) is 25.4 Å². The van der Waals surface area contributed by atoms with Gasteiger partial charge in [0, 0.05) is 6.42 Å². The quantitative estimate of drug-likeness (QED) is 0.604. The summed E-state index contributed by atoms with van der Waals surface area (Å²) in [5, 5.41) is 9.59. The fourth-order valence-corrected chi connectivity index (χ4v) is 1.23. The molecule has 11 heavy (non-hydrogen) atoms. The molecule has 0 aromatic carbocycles. The molecule has 1 aliphatic rings. The molecule has 60 valence electrons. The Hall–Kier alpha value is -0.890. The maximum atomic E-state index is 11.0. The second kappa shape index (κ2) is 2.62. The molecule has 1 aliphatic carbocycles. The molecule has 1 atom stereocenters. The molecule has 0 spiro atoms. The molecule has 0 amide bonds. The van der Waals surface area contributed by atoms with Crippen LogP contribution < -0.4 is 0 Å². The molecule has 1 unspecified atom stereocenters. The molecule has 0 bridgehead atoms. The Bertz CT molecular complexity index is 224. The number of ketones is 1. The Labute approximate surface area is 66.2 Å². The van der Waals surface area contributed by atoms with Gasteiger partial charge in [-0.25, -0.2) is 0 Å². The highest BCUT2D eigenvalue weighted by Crippen LogP contribution is 2.28. The SMILES string of the molecule is C=CCC1=CCC(=O)C1(C)O. The normalized spacial score (nSPS) is 30.4. The molecule has 0 radical (unpaired) electrons. The number of hydrogen-bond donors (Lipinski definition) is 1. The zero-order chi connectivity index (χ0) is 8.48. The van der Waals surface area contributed by atoms with Crippen molar-refractivity contribution in [2.75, 3.05) is 0 Å². The fraction of sp³-hybridized carbons (Fsp3) is 0.444. The van der Waals surface area contributed by atoms with Crippen LogP contribution in [0.5, 0.6) is 0 Å². The lowest BCUT2D eigenvalue weighted by atomic mass is 9.95.